The quantitative estimate of drug-likeness (QED) is 0.780. The van der Waals surface area contributed by atoms with Gasteiger partial charge in [0.15, 0.2) is 0 Å². The number of halogens is 1. The lowest BCUT2D eigenvalue weighted by Gasteiger charge is -2.13. The van der Waals surface area contributed by atoms with Gasteiger partial charge in [-0.1, -0.05) is 11.6 Å². The SMILES string of the molecule is COc1ccc(OC)c(NC(=O)C(=O)Nc2cc(C)c(Cl)cc2OC)c1. The number of hydrogen-bond acceptors (Lipinski definition) is 5. The van der Waals surface area contributed by atoms with Gasteiger partial charge in [-0.3, -0.25) is 9.59 Å². The first-order valence-corrected chi connectivity index (χ1v) is 7.96. The fourth-order valence-electron chi connectivity index (χ4n) is 2.20. The molecular weight excluding hydrogens is 360 g/mol. The molecule has 2 aromatic carbocycles. The van der Waals surface area contributed by atoms with Gasteiger partial charge in [0.2, 0.25) is 0 Å². The van der Waals surface area contributed by atoms with Crippen LogP contribution in [-0.4, -0.2) is 33.1 Å². The molecule has 0 fully saturated rings. The van der Waals surface area contributed by atoms with E-state index < -0.39 is 11.8 Å². The molecule has 0 aromatic heterocycles. The summed E-state index contributed by atoms with van der Waals surface area (Å²) in [5, 5.41) is 5.50. The zero-order valence-electron chi connectivity index (χ0n) is 14.8. The zero-order valence-corrected chi connectivity index (χ0v) is 15.6. The third-order valence-electron chi connectivity index (χ3n) is 3.59. The molecule has 0 bridgehead atoms. The second-order valence-corrected chi connectivity index (χ2v) is 5.68. The van der Waals surface area contributed by atoms with Crippen LogP contribution in [0.15, 0.2) is 30.3 Å². The maximum Gasteiger partial charge on any atom is 0.314 e. The topological polar surface area (TPSA) is 85.9 Å². The van der Waals surface area contributed by atoms with Crippen molar-refractivity contribution in [3.05, 3.63) is 40.9 Å². The average molecular weight is 379 g/mol. The monoisotopic (exact) mass is 378 g/mol. The highest BCUT2D eigenvalue weighted by Gasteiger charge is 2.19. The Morgan fingerprint density at radius 1 is 0.846 bits per heavy atom. The highest BCUT2D eigenvalue weighted by molar-refractivity contribution is 6.44. The Morgan fingerprint density at radius 3 is 1.96 bits per heavy atom. The minimum Gasteiger partial charge on any atom is -0.497 e. The second-order valence-electron chi connectivity index (χ2n) is 5.28. The number of carbonyl (C=O) groups is 2. The molecule has 0 unspecified atom stereocenters. The molecule has 0 heterocycles. The van der Waals surface area contributed by atoms with Gasteiger partial charge in [-0.2, -0.15) is 0 Å². The molecule has 26 heavy (non-hydrogen) atoms. The molecule has 2 aromatic rings. The number of aryl methyl sites for hydroxylation is 1. The van der Waals surface area contributed by atoms with Crippen LogP contribution in [0.3, 0.4) is 0 Å². The van der Waals surface area contributed by atoms with Crippen LogP contribution in [0.1, 0.15) is 5.56 Å². The number of benzene rings is 2. The van der Waals surface area contributed by atoms with Gasteiger partial charge >= 0.3 is 11.8 Å². The maximum absolute atomic E-state index is 12.3. The van der Waals surface area contributed by atoms with E-state index in [9.17, 15) is 9.59 Å². The number of hydrogen-bond donors (Lipinski definition) is 2. The Bertz CT molecular complexity index is 839. The normalized spacial score (nSPS) is 10.0. The minimum atomic E-state index is -0.869. The molecule has 0 radical (unpaired) electrons. The van der Waals surface area contributed by atoms with Gasteiger partial charge in [0.1, 0.15) is 17.2 Å². The van der Waals surface area contributed by atoms with Gasteiger partial charge in [0.05, 0.1) is 32.7 Å². The average Bonchev–Trinajstić information content (AvgIpc) is 2.64. The molecule has 0 aliphatic carbocycles. The van der Waals surface area contributed by atoms with Crippen LogP contribution in [0, 0.1) is 6.92 Å². The summed E-state index contributed by atoms with van der Waals surface area (Å²) < 4.78 is 15.5. The van der Waals surface area contributed by atoms with Crippen molar-refractivity contribution >= 4 is 34.8 Å². The highest BCUT2D eigenvalue weighted by atomic mass is 35.5. The largest absolute Gasteiger partial charge is 0.497 e. The first kappa shape index (κ1) is 19.4. The van der Waals surface area contributed by atoms with Gasteiger partial charge in [0.25, 0.3) is 0 Å². The Kier molecular flexibility index (Phi) is 6.30. The molecule has 0 aliphatic rings. The van der Waals surface area contributed by atoms with Crippen molar-refractivity contribution < 1.29 is 23.8 Å². The summed E-state index contributed by atoms with van der Waals surface area (Å²) in [4.78, 5) is 24.5. The number of methoxy groups -OCH3 is 3. The van der Waals surface area contributed by atoms with Crippen molar-refractivity contribution in [2.45, 2.75) is 6.92 Å². The number of nitrogens with one attached hydrogen (secondary N) is 2. The Hall–Kier alpha value is -2.93. The van der Waals surface area contributed by atoms with E-state index in [-0.39, 0.29) is 0 Å². The molecule has 0 saturated heterocycles. The molecule has 2 rings (SSSR count). The van der Waals surface area contributed by atoms with Gasteiger partial charge < -0.3 is 24.8 Å². The van der Waals surface area contributed by atoms with Crippen molar-refractivity contribution in [2.24, 2.45) is 0 Å². The van der Waals surface area contributed by atoms with Gasteiger partial charge in [-0.05, 0) is 30.7 Å². The van der Waals surface area contributed by atoms with Crippen molar-refractivity contribution in [1.29, 1.82) is 0 Å². The lowest BCUT2D eigenvalue weighted by molar-refractivity contribution is -0.133. The third-order valence-corrected chi connectivity index (χ3v) is 4.00. The summed E-state index contributed by atoms with van der Waals surface area (Å²) in [6.45, 7) is 1.78. The molecule has 0 aliphatic heterocycles. The zero-order chi connectivity index (χ0) is 19.3. The van der Waals surface area contributed by atoms with Crippen molar-refractivity contribution in [3.63, 3.8) is 0 Å². The van der Waals surface area contributed by atoms with Gasteiger partial charge in [-0.25, -0.2) is 0 Å². The molecule has 0 atom stereocenters. The molecule has 2 amide bonds. The van der Waals surface area contributed by atoms with E-state index in [4.69, 9.17) is 25.8 Å². The number of amides is 2. The predicted octanol–water partition coefficient (Wildman–Crippen LogP) is 3.25. The molecular formula is C18H19ClN2O5. The molecule has 0 saturated carbocycles. The third kappa shape index (κ3) is 4.37. The van der Waals surface area contributed by atoms with Crippen molar-refractivity contribution in [3.8, 4) is 17.2 Å². The molecule has 2 N–H and O–H groups in total. The lowest BCUT2D eigenvalue weighted by atomic mass is 10.2. The van der Waals surface area contributed by atoms with Crippen LogP contribution in [-0.2, 0) is 9.59 Å². The lowest BCUT2D eigenvalue weighted by Crippen LogP contribution is -2.29. The molecule has 8 heteroatoms. The summed E-state index contributed by atoms with van der Waals surface area (Å²) in [5.74, 6) is -0.481. The van der Waals surface area contributed by atoms with E-state index in [1.165, 1.54) is 21.3 Å². The second kappa shape index (κ2) is 8.44. The van der Waals surface area contributed by atoms with E-state index in [0.717, 1.165) is 5.56 Å². The number of rotatable bonds is 5. The number of ether oxygens (including phenoxy) is 3. The summed E-state index contributed by atoms with van der Waals surface area (Å²) in [5.41, 5.74) is 1.39. The van der Waals surface area contributed by atoms with Crippen molar-refractivity contribution in [2.75, 3.05) is 32.0 Å². The highest BCUT2D eigenvalue weighted by Crippen LogP contribution is 2.31. The number of anilines is 2. The van der Waals surface area contributed by atoms with E-state index in [2.05, 4.69) is 10.6 Å². The van der Waals surface area contributed by atoms with Crippen LogP contribution in [0.4, 0.5) is 11.4 Å². The fraction of sp³-hybridized carbons (Fsp3) is 0.222. The first-order valence-electron chi connectivity index (χ1n) is 7.58. The standard InChI is InChI=1S/C18H19ClN2O5/c1-10-7-13(16(26-4)9-12(10)19)20-17(22)18(23)21-14-8-11(24-2)5-6-15(14)25-3/h5-9H,1-4H3,(H,20,22)(H,21,23). The summed E-state index contributed by atoms with van der Waals surface area (Å²) in [6.07, 6.45) is 0. The van der Waals surface area contributed by atoms with Crippen molar-refractivity contribution in [1.82, 2.24) is 0 Å². The fourth-order valence-corrected chi connectivity index (χ4v) is 2.35. The van der Waals surface area contributed by atoms with Crippen LogP contribution in [0.5, 0.6) is 17.2 Å². The van der Waals surface area contributed by atoms with E-state index >= 15 is 0 Å². The summed E-state index contributed by atoms with van der Waals surface area (Å²) in [7, 11) is 4.39. The first-order chi connectivity index (χ1) is 12.4. The van der Waals surface area contributed by atoms with E-state index in [1.54, 1.807) is 37.3 Å². The van der Waals surface area contributed by atoms with E-state index in [1.807, 2.05) is 0 Å². The molecule has 138 valence electrons. The van der Waals surface area contributed by atoms with Crippen LogP contribution >= 0.6 is 11.6 Å². The molecule has 0 spiro atoms. The number of carbonyl (C=O) groups excluding carboxylic acids is 2. The predicted molar refractivity (Wildman–Crippen MR) is 99.5 cm³/mol. The maximum atomic E-state index is 12.3. The Balaban J connectivity index is 2.19. The van der Waals surface area contributed by atoms with Gasteiger partial charge in [-0.15, -0.1) is 0 Å². The Labute approximate surface area is 156 Å². The minimum absolute atomic E-state index is 0.311. The summed E-state index contributed by atoms with van der Waals surface area (Å²) in [6, 6.07) is 8.04. The summed E-state index contributed by atoms with van der Waals surface area (Å²) >= 11 is 6.04. The molecule has 7 nitrogen and oxygen atoms in total. The van der Waals surface area contributed by atoms with E-state index in [0.29, 0.717) is 33.6 Å². The van der Waals surface area contributed by atoms with Crippen LogP contribution < -0.4 is 24.8 Å². The Morgan fingerprint density at radius 2 is 1.42 bits per heavy atom. The smallest absolute Gasteiger partial charge is 0.314 e. The van der Waals surface area contributed by atoms with Crippen LogP contribution in [0.25, 0.3) is 0 Å². The van der Waals surface area contributed by atoms with Crippen LogP contribution in [0.2, 0.25) is 5.02 Å². The van der Waals surface area contributed by atoms with Gasteiger partial charge in [0, 0.05) is 17.2 Å².